The van der Waals surface area contributed by atoms with E-state index in [1.54, 1.807) is 0 Å². The second-order valence-electron chi connectivity index (χ2n) is 4.41. The molecule has 2 heterocycles. The third kappa shape index (κ3) is 2.64. The van der Waals surface area contributed by atoms with Crippen LogP contribution in [0.15, 0.2) is 15.9 Å². The molecule has 0 bridgehead atoms. The fraction of sp³-hybridized carbons (Fsp3) is 0.545. The molecule has 5 heteroatoms. The Morgan fingerprint density at radius 2 is 2.31 bits per heavy atom. The SMILES string of the molecule is CC1CC(N)CN(C(=O)c2ccc(Br)s2)C1. The first-order chi connectivity index (χ1) is 7.56. The molecule has 16 heavy (non-hydrogen) atoms. The van der Waals surface area contributed by atoms with Gasteiger partial charge < -0.3 is 10.6 Å². The molecule has 3 nitrogen and oxygen atoms in total. The molecule has 2 atom stereocenters. The molecule has 0 aliphatic carbocycles. The molecule has 1 fully saturated rings. The van der Waals surface area contributed by atoms with Crippen LogP contribution in [0.1, 0.15) is 23.0 Å². The van der Waals surface area contributed by atoms with Crippen molar-refractivity contribution in [2.24, 2.45) is 11.7 Å². The summed E-state index contributed by atoms with van der Waals surface area (Å²) in [6, 6.07) is 3.89. The summed E-state index contributed by atoms with van der Waals surface area (Å²) in [7, 11) is 0. The van der Waals surface area contributed by atoms with Gasteiger partial charge in [-0.15, -0.1) is 11.3 Å². The molecular weight excluding hydrogens is 288 g/mol. The first-order valence-corrected chi connectivity index (χ1v) is 6.97. The molecule has 1 amide bonds. The predicted octanol–water partition coefficient (Wildman–Crippen LogP) is 2.32. The second kappa shape index (κ2) is 4.85. The number of halogens is 1. The Hall–Kier alpha value is -0.390. The molecule has 1 saturated heterocycles. The number of nitrogens with zero attached hydrogens (tertiary/aromatic N) is 1. The summed E-state index contributed by atoms with van der Waals surface area (Å²) >= 11 is 4.85. The lowest BCUT2D eigenvalue weighted by molar-refractivity contribution is 0.0666. The molecule has 1 aromatic rings. The number of likely N-dealkylation sites (tertiary alicyclic amines) is 1. The zero-order chi connectivity index (χ0) is 11.7. The van der Waals surface area contributed by atoms with E-state index >= 15 is 0 Å². The molecule has 2 unspecified atom stereocenters. The van der Waals surface area contributed by atoms with Crippen molar-refractivity contribution in [3.63, 3.8) is 0 Å². The summed E-state index contributed by atoms with van der Waals surface area (Å²) in [5.41, 5.74) is 5.94. The molecule has 1 aliphatic rings. The number of nitrogens with two attached hydrogens (primary N) is 1. The molecule has 1 aromatic heterocycles. The second-order valence-corrected chi connectivity index (χ2v) is 6.88. The molecule has 2 rings (SSSR count). The maximum atomic E-state index is 12.2. The fourth-order valence-corrected chi connectivity index (χ4v) is 3.50. The van der Waals surface area contributed by atoms with Crippen LogP contribution < -0.4 is 5.73 Å². The lowest BCUT2D eigenvalue weighted by Crippen LogP contribution is -2.48. The summed E-state index contributed by atoms with van der Waals surface area (Å²) in [5.74, 6) is 0.605. The van der Waals surface area contributed by atoms with Crippen molar-refractivity contribution in [1.29, 1.82) is 0 Å². The van der Waals surface area contributed by atoms with Gasteiger partial charge >= 0.3 is 0 Å². The van der Waals surface area contributed by atoms with Crippen molar-refractivity contribution >= 4 is 33.2 Å². The smallest absolute Gasteiger partial charge is 0.264 e. The molecule has 1 aliphatic heterocycles. The van der Waals surface area contributed by atoms with Crippen LogP contribution in [0, 0.1) is 5.92 Å². The van der Waals surface area contributed by atoms with Crippen molar-refractivity contribution in [3.8, 4) is 0 Å². The van der Waals surface area contributed by atoms with E-state index in [1.807, 2.05) is 17.0 Å². The van der Waals surface area contributed by atoms with Crippen molar-refractivity contribution in [2.45, 2.75) is 19.4 Å². The molecule has 0 spiro atoms. The Morgan fingerprint density at radius 1 is 1.56 bits per heavy atom. The molecule has 88 valence electrons. The lowest BCUT2D eigenvalue weighted by Gasteiger charge is -2.34. The van der Waals surface area contributed by atoms with Crippen LogP contribution in [0.25, 0.3) is 0 Å². The van der Waals surface area contributed by atoms with Crippen LogP contribution in [-0.2, 0) is 0 Å². The van der Waals surface area contributed by atoms with Crippen LogP contribution >= 0.6 is 27.3 Å². The highest BCUT2D eigenvalue weighted by Crippen LogP contribution is 2.25. The molecular formula is C11H15BrN2OS. The Kier molecular flexibility index (Phi) is 3.66. The summed E-state index contributed by atoms with van der Waals surface area (Å²) in [5, 5.41) is 0. The summed E-state index contributed by atoms with van der Waals surface area (Å²) in [6.07, 6.45) is 1.01. The van der Waals surface area contributed by atoms with Gasteiger partial charge in [-0.3, -0.25) is 4.79 Å². The van der Waals surface area contributed by atoms with Gasteiger partial charge in [-0.05, 0) is 40.4 Å². The summed E-state index contributed by atoms with van der Waals surface area (Å²) in [4.78, 5) is 14.8. The first-order valence-electron chi connectivity index (χ1n) is 5.36. The van der Waals surface area contributed by atoms with Gasteiger partial charge in [0.05, 0.1) is 8.66 Å². The first kappa shape index (κ1) is 12.1. The van der Waals surface area contributed by atoms with Gasteiger partial charge in [-0.1, -0.05) is 6.92 Å². The van der Waals surface area contributed by atoms with E-state index < -0.39 is 0 Å². The molecule has 2 N–H and O–H groups in total. The number of thiophene rings is 1. The van der Waals surface area contributed by atoms with Crippen LogP contribution in [-0.4, -0.2) is 29.9 Å². The van der Waals surface area contributed by atoms with E-state index in [1.165, 1.54) is 11.3 Å². The highest BCUT2D eigenvalue weighted by atomic mass is 79.9. The van der Waals surface area contributed by atoms with E-state index in [2.05, 4.69) is 22.9 Å². The minimum Gasteiger partial charge on any atom is -0.336 e. The summed E-state index contributed by atoms with van der Waals surface area (Å²) in [6.45, 7) is 3.64. The van der Waals surface area contributed by atoms with Crippen molar-refractivity contribution in [1.82, 2.24) is 4.90 Å². The van der Waals surface area contributed by atoms with E-state index in [-0.39, 0.29) is 11.9 Å². The number of carbonyl (C=O) groups excluding carboxylic acids is 1. The third-order valence-corrected chi connectivity index (χ3v) is 4.37. The van der Waals surface area contributed by atoms with E-state index in [4.69, 9.17) is 5.73 Å². The van der Waals surface area contributed by atoms with Gasteiger partial charge in [0.15, 0.2) is 0 Å². The van der Waals surface area contributed by atoms with Gasteiger partial charge in [0.25, 0.3) is 5.91 Å². The minimum atomic E-state index is 0.109. The van der Waals surface area contributed by atoms with Crippen molar-refractivity contribution in [3.05, 3.63) is 20.8 Å². The maximum absolute atomic E-state index is 12.2. The number of carbonyl (C=O) groups is 1. The van der Waals surface area contributed by atoms with E-state index in [0.717, 1.165) is 21.6 Å². The average molecular weight is 303 g/mol. The number of amides is 1. The van der Waals surface area contributed by atoms with Crippen molar-refractivity contribution in [2.75, 3.05) is 13.1 Å². The minimum absolute atomic E-state index is 0.109. The van der Waals surface area contributed by atoms with E-state index in [0.29, 0.717) is 12.5 Å². The van der Waals surface area contributed by atoms with Crippen LogP contribution in [0.3, 0.4) is 0 Å². The zero-order valence-electron chi connectivity index (χ0n) is 9.15. The largest absolute Gasteiger partial charge is 0.336 e. The van der Waals surface area contributed by atoms with Gasteiger partial charge in [0.2, 0.25) is 0 Å². The Labute approximate surface area is 108 Å². The normalized spacial score (nSPS) is 25.8. The van der Waals surface area contributed by atoms with Crippen LogP contribution in [0.2, 0.25) is 0 Å². The highest BCUT2D eigenvalue weighted by molar-refractivity contribution is 9.11. The lowest BCUT2D eigenvalue weighted by atomic mass is 9.96. The number of hydrogen-bond donors (Lipinski definition) is 1. The predicted molar refractivity (Wildman–Crippen MR) is 69.7 cm³/mol. The van der Waals surface area contributed by atoms with Crippen LogP contribution in [0.4, 0.5) is 0 Å². The molecule has 0 saturated carbocycles. The van der Waals surface area contributed by atoms with Gasteiger partial charge in [-0.25, -0.2) is 0 Å². The Morgan fingerprint density at radius 3 is 2.88 bits per heavy atom. The zero-order valence-corrected chi connectivity index (χ0v) is 11.6. The number of hydrogen-bond acceptors (Lipinski definition) is 3. The highest BCUT2D eigenvalue weighted by Gasteiger charge is 2.26. The molecule has 0 radical (unpaired) electrons. The summed E-state index contributed by atoms with van der Waals surface area (Å²) < 4.78 is 0.991. The standard InChI is InChI=1S/C11H15BrN2OS/c1-7-4-8(13)6-14(5-7)11(15)9-2-3-10(12)16-9/h2-3,7-8H,4-6,13H2,1H3. The van der Waals surface area contributed by atoms with Gasteiger partial charge in [-0.2, -0.15) is 0 Å². The maximum Gasteiger partial charge on any atom is 0.264 e. The van der Waals surface area contributed by atoms with Crippen molar-refractivity contribution < 1.29 is 4.79 Å². The Balaban J connectivity index is 2.09. The van der Waals surface area contributed by atoms with Gasteiger partial charge in [0, 0.05) is 19.1 Å². The number of rotatable bonds is 1. The monoisotopic (exact) mass is 302 g/mol. The molecule has 0 aromatic carbocycles. The quantitative estimate of drug-likeness (QED) is 0.865. The topological polar surface area (TPSA) is 46.3 Å². The van der Waals surface area contributed by atoms with Gasteiger partial charge in [0.1, 0.15) is 0 Å². The average Bonchev–Trinajstić information content (AvgIpc) is 2.62. The third-order valence-electron chi connectivity index (χ3n) is 2.76. The fourth-order valence-electron chi connectivity index (χ4n) is 2.15. The van der Waals surface area contributed by atoms with E-state index in [9.17, 15) is 4.79 Å². The Bertz CT molecular complexity index is 383. The van der Waals surface area contributed by atoms with Crippen LogP contribution in [0.5, 0.6) is 0 Å². The number of piperidine rings is 1.